The smallest absolute Gasteiger partial charge is 0.305 e. The van der Waals surface area contributed by atoms with E-state index in [1.165, 1.54) is 71.4 Å². The highest BCUT2D eigenvalue weighted by Gasteiger charge is 2.58. The van der Waals surface area contributed by atoms with Crippen molar-refractivity contribution in [2.75, 3.05) is 13.7 Å². The van der Waals surface area contributed by atoms with Crippen molar-refractivity contribution in [3.8, 4) is 0 Å². The number of methoxy groups -OCH3 is 1. The number of rotatable bonds is 7. The van der Waals surface area contributed by atoms with Gasteiger partial charge in [-0.2, -0.15) is 0 Å². The molecule has 0 spiro atoms. The van der Waals surface area contributed by atoms with E-state index in [0.29, 0.717) is 23.3 Å². The minimum absolute atomic E-state index is 0.0777. The molecule has 178 valence electrons. The first-order chi connectivity index (χ1) is 14.8. The molecule has 0 saturated heterocycles. The monoisotopic (exact) mass is 431 g/mol. The van der Waals surface area contributed by atoms with E-state index in [0.717, 1.165) is 48.3 Å². The van der Waals surface area contributed by atoms with Gasteiger partial charge in [-0.3, -0.25) is 4.79 Å². The van der Waals surface area contributed by atoms with Gasteiger partial charge in [0.05, 0.1) is 7.11 Å². The summed E-state index contributed by atoms with van der Waals surface area (Å²) in [7, 11) is 1.48. The maximum atomic E-state index is 11.4. The molecule has 9 atom stereocenters. The molecule has 0 aromatic carbocycles. The molecule has 1 N–H and O–H groups in total. The van der Waals surface area contributed by atoms with Crippen LogP contribution in [0.5, 0.6) is 0 Å². The van der Waals surface area contributed by atoms with Gasteiger partial charge in [-0.15, -0.1) is 0 Å². The van der Waals surface area contributed by atoms with Crippen molar-refractivity contribution in [1.29, 1.82) is 0 Å². The van der Waals surface area contributed by atoms with Crippen molar-refractivity contribution in [2.24, 2.45) is 46.3 Å². The first-order valence-corrected chi connectivity index (χ1v) is 13.6. The lowest BCUT2D eigenvalue weighted by atomic mass is 9.45. The lowest BCUT2D eigenvalue weighted by Gasteiger charge is -2.60. The number of hydrogen-bond donors (Lipinski definition) is 1. The Kier molecular flexibility index (Phi) is 7.12. The van der Waals surface area contributed by atoms with Crippen LogP contribution in [-0.4, -0.2) is 25.7 Å². The summed E-state index contributed by atoms with van der Waals surface area (Å²) in [6.07, 6.45) is 15.9. The molecule has 4 fully saturated rings. The van der Waals surface area contributed by atoms with Crippen molar-refractivity contribution in [1.82, 2.24) is 5.32 Å². The lowest BCUT2D eigenvalue weighted by molar-refractivity contribution is -0.140. The Balaban J connectivity index is 1.33. The van der Waals surface area contributed by atoms with E-state index in [1.54, 1.807) is 0 Å². The van der Waals surface area contributed by atoms with Crippen LogP contribution < -0.4 is 5.32 Å². The molecule has 4 saturated carbocycles. The molecular weight excluding hydrogens is 382 g/mol. The Hall–Kier alpha value is -0.570. The van der Waals surface area contributed by atoms with Crippen molar-refractivity contribution < 1.29 is 9.53 Å². The molecule has 0 aliphatic heterocycles. The molecule has 4 aliphatic carbocycles. The fourth-order valence-corrected chi connectivity index (χ4v) is 9.15. The molecule has 31 heavy (non-hydrogen) atoms. The van der Waals surface area contributed by atoms with Gasteiger partial charge >= 0.3 is 5.97 Å². The molecule has 2 unspecified atom stereocenters. The first kappa shape index (κ1) is 23.6. The number of hydrogen-bond acceptors (Lipinski definition) is 3. The van der Waals surface area contributed by atoms with Gasteiger partial charge in [0, 0.05) is 12.5 Å². The van der Waals surface area contributed by atoms with E-state index in [2.05, 4.69) is 33.0 Å². The largest absolute Gasteiger partial charge is 0.469 e. The van der Waals surface area contributed by atoms with Gasteiger partial charge < -0.3 is 10.1 Å². The van der Waals surface area contributed by atoms with Gasteiger partial charge in [-0.25, -0.2) is 0 Å². The second-order valence-electron chi connectivity index (χ2n) is 12.7. The zero-order valence-electron chi connectivity index (χ0n) is 21.1. The van der Waals surface area contributed by atoms with E-state index in [9.17, 15) is 4.79 Å². The topological polar surface area (TPSA) is 38.3 Å². The zero-order chi connectivity index (χ0) is 22.2. The Morgan fingerprint density at radius 3 is 2.52 bits per heavy atom. The molecular formula is C28H49NO2. The Labute approximate surface area is 191 Å². The molecule has 4 aliphatic rings. The summed E-state index contributed by atoms with van der Waals surface area (Å²) >= 11 is 0. The van der Waals surface area contributed by atoms with E-state index < -0.39 is 0 Å². The van der Waals surface area contributed by atoms with Crippen LogP contribution in [0.1, 0.15) is 105 Å². The lowest BCUT2D eigenvalue weighted by Crippen LogP contribution is -2.52. The summed E-state index contributed by atoms with van der Waals surface area (Å²) in [5.74, 6) is 5.71. The van der Waals surface area contributed by atoms with Crippen molar-refractivity contribution in [3.63, 3.8) is 0 Å². The van der Waals surface area contributed by atoms with Crippen LogP contribution in [0.2, 0.25) is 0 Å². The minimum atomic E-state index is -0.0777. The van der Waals surface area contributed by atoms with E-state index in [1.807, 2.05) is 0 Å². The molecule has 0 amide bonds. The summed E-state index contributed by atoms with van der Waals surface area (Å²) in [5, 5.41) is 3.85. The number of esters is 1. The first-order valence-electron chi connectivity index (χ1n) is 13.6. The SMILES string of the molecule is COC(=O)CCCC(C)NC[C@H]1CC[C@H]2[C@@H]3CC[C@]4(C)C[C@@H](C)CC[C@@H]4C3CC[C@]12C. The predicted molar refractivity (Wildman–Crippen MR) is 128 cm³/mol. The van der Waals surface area contributed by atoms with Gasteiger partial charge in [-0.05, 0) is 124 Å². The molecule has 0 radical (unpaired) electrons. The molecule has 0 bridgehead atoms. The maximum Gasteiger partial charge on any atom is 0.305 e. The highest BCUT2D eigenvalue weighted by molar-refractivity contribution is 5.68. The molecule has 3 heteroatoms. The minimum Gasteiger partial charge on any atom is -0.469 e. The number of carbonyl (C=O) groups is 1. The van der Waals surface area contributed by atoms with E-state index >= 15 is 0 Å². The Bertz CT molecular complexity index is 635. The molecule has 4 rings (SSSR count). The third-order valence-corrected chi connectivity index (χ3v) is 10.9. The number of carbonyl (C=O) groups excluding carboxylic acids is 1. The third kappa shape index (κ3) is 4.59. The molecule has 3 nitrogen and oxygen atoms in total. The fraction of sp³-hybridized carbons (Fsp3) is 0.964. The Morgan fingerprint density at radius 1 is 1.03 bits per heavy atom. The quantitative estimate of drug-likeness (QED) is 0.461. The van der Waals surface area contributed by atoms with Crippen LogP contribution in [0.25, 0.3) is 0 Å². The standard InChI is InChI=1S/C28H49NO2/c1-19-9-11-24-22-14-16-28(4)21(18-29-20(2)7-6-8-26(30)31-5)10-12-25(28)23(22)13-15-27(24,3)17-19/h19-25,29H,6-18H2,1-5H3/t19-,20?,21+,22?,23+,24+,25-,27+,28+/m0/s1. The highest BCUT2D eigenvalue weighted by Crippen LogP contribution is 2.66. The summed E-state index contributed by atoms with van der Waals surface area (Å²) in [6, 6.07) is 0.489. The average Bonchev–Trinajstić information content (AvgIpc) is 3.07. The maximum absolute atomic E-state index is 11.4. The van der Waals surface area contributed by atoms with Gasteiger partial charge in [0.2, 0.25) is 0 Å². The second-order valence-corrected chi connectivity index (χ2v) is 12.7. The second kappa shape index (κ2) is 9.35. The van der Waals surface area contributed by atoms with E-state index in [-0.39, 0.29) is 5.97 Å². The van der Waals surface area contributed by atoms with Crippen molar-refractivity contribution in [3.05, 3.63) is 0 Å². The third-order valence-electron chi connectivity index (χ3n) is 10.9. The normalized spacial score (nSPS) is 45.3. The summed E-state index contributed by atoms with van der Waals surface area (Å²) in [6.45, 7) is 11.3. The van der Waals surface area contributed by atoms with Gasteiger partial charge in [0.15, 0.2) is 0 Å². The summed E-state index contributed by atoms with van der Waals surface area (Å²) in [4.78, 5) is 11.4. The van der Waals surface area contributed by atoms with Gasteiger partial charge in [0.25, 0.3) is 0 Å². The van der Waals surface area contributed by atoms with Gasteiger partial charge in [0.1, 0.15) is 0 Å². The predicted octanol–water partition coefficient (Wildman–Crippen LogP) is 6.60. The zero-order valence-corrected chi connectivity index (χ0v) is 21.1. The Morgan fingerprint density at radius 2 is 1.74 bits per heavy atom. The number of ether oxygens (including phenoxy) is 1. The van der Waals surface area contributed by atoms with Crippen LogP contribution in [0.3, 0.4) is 0 Å². The highest BCUT2D eigenvalue weighted by atomic mass is 16.5. The van der Waals surface area contributed by atoms with Crippen LogP contribution >= 0.6 is 0 Å². The van der Waals surface area contributed by atoms with E-state index in [4.69, 9.17) is 4.74 Å². The molecule has 0 aromatic rings. The molecule has 0 heterocycles. The average molecular weight is 432 g/mol. The summed E-state index contributed by atoms with van der Waals surface area (Å²) < 4.78 is 4.77. The van der Waals surface area contributed by atoms with Crippen molar-refractivity contribution in [2.45, 2.75) is 111 Å². The number of nitrogens with one attached hydrogen (secondary N) is 1. The summed E-state index contributed by atoms with van der Waals surface area (Å²) in [5.41, 5.74) is 1.20. The van der Waals surface area contributed by atoms with Crippen LogP contribution in [-0.2, 0) is 9.53 Å². The number of fused-ring (bicyclic) bond motifs is 5. The van der Waals surface area contributed by atoms with Crippen LogP contribution in [0, 0.1) is 46.3 Å². The van der Waals surface area contributed by atoms with Gasteiger partial charge in [-0.1, -0.05) is 27.2 Å². The van der Waals surface area contributed by atoms with Crippen molar-refractivity contribution >= 4 is 5.97 Å². The molecule has 0 aromatic heterocycles. The fourth-order valence-electron chi connectivity index (χ4n) is 9.15. The van der Waals surface area contributed by atoms with Crippen LogP contribution in [0.15, 0.2) is 0 Å². The van der Waals surface area contributed by atoms with Crippen LogP contribution in [0.4, 0.5) is 0 Å².